The molecule has 1 aromatic rings. The molecule has 0 aliphatic heterocycles. The maximum atomic E-state index is 5.60. The summed E-state index contributed by atoms with van der Waals surface area (Å²) < 4.78 is 11.2. The maximum absolute atomic E-state index is 5.60. The zero-order valence-corrected chi connectivity index (χ0v) is 12.9. The molecule has 0 heterocycles. The number of hydrogen-bond donors (Lipinski definition) is 1. The molecule has 3 nitrogen and oxygen atoms in total. The zero-order chi connectivity index (χ0) is 14.4. The summed E-state index contributed by atoms with van der Waals surface area (Å²) in [6.45, 7) is 3.19. The molecule has 0 saturated heterocycles. The van der Waals surface area contributed by atoms with Gasteiger partial charge in [0.1, 0.15) is 11.5 Å². The Kier molecular flexibility index (Phi) is 5.72. The normalized spacial score (nSPS) is 23.1. The topological polar surface area (TPSA) is 30.5 Å². The van der Waals surface area contributed by atoms with E-state index in [2.05, 4.69) is 12.2 Å². The summed E-state index contributed by atoms with van der Waals surface area (Å²) in [5, 5.41) is 3.66. The SMILES string of the molecule is CCNC1CCCCCC1c1c(OC)cccc1OC. The molecule has 0 amide bonds. The third kappa shape index (κ3) is 3.26. The van der Waals surface area contributed by atoms with E-state index < -0.39 is 0 Å². The Morgan fingerprint density at radius 1 is 1.05 bits per heavy atom. The van der Waals surface area contributed by atoms with Crippen molar-refractivity contribution in [1.82, 2.24) is 5.32 Å². The number of nitrogens with one attached hydrogen (secondary N) is 1. The highest BCUT2D eigenvalue weighted by Gasteiger charge is 2.29. The lowest BCUT2D eigenvalue weighted by Crippen LogP contribution is -2.34. The Morgan fingerprint density at radius 3 is 2.30 bits per heavy atom. The summed E-state index contributed by atoms with van der Waals surface area (Å²) in [6, 6.07) is 6.62. The second kappa shape index (κ2) is 7.53. The van der Waals surface area contributed by atoms with E-state index in [0.29, 0.717) is 12.0 Å². The van der Waals surface area contributed by atoms with Gasteiger partial charge in [0, 0.05) is 17.5 Å². The minimum atomic E-state index is 0.476. The molecule has 0 radical (unpaired) electrons. The number of ether oxygens (including phenoxy) is 2. The molecule has 0 spiro atoms. The largest absolute Gasteiger partial charge is 0.496 e. The van der Waals surface area contributed by atoms with Crippen LogP contribution in [0.5, 0.6) is 11.5 Å². The fraction of sp³-hybridized carbons (Fsp3) is 0.647. The molecular weight excluding hydrogens is 250 g/mol. The van der Waals surface area contributed by atoms with Crippen LogP contribution >= 0.6 is 0 Å². The van der Waals surface area contributed by atoms with Gasteiger partial charge >= 0.3 is 0 Å². The van der Waals surface area contributed by atoms with Gasteiger partial charge in [-0.2, -0.15) is 0 Å². The Bertz CT molecular complexity index is 397. The molecular formula is C17H27NO2. The quantitative estimate of drug-likeness (QED) is 0.832. The van der Waals surface area contributed by atoms with Crippen LogP contribution in [0.25, 0.3) is 0 Å². The molecule has 1 aliphatic carbocycles. The fourth-order valence-electron chi connectivity index (χ4n) is 3.41. The van der Waals surface area contributed by atoms with E-state index in [4.69, 9.17) is 9.47 Å². The average Bonchev–Trinajstić information content (AvgIpc) is 2.72. The van der Waals surface area contributed by atoms with E-state index in [1.54, 1.807) is 14.2 Å². The molecule has 2 unspecified atom stereocenters. The van der Waals surface area contributed by atoms with Crippen molar-refractivity contribution in [3.8, 4) is 11.5 Å². The smallest absolute Gasteiger partial charge is 0.126 e. The van der Waals surface area contributed by atoms with Gasteiger partial charge in [0.2, 0.25) is 0 Å². The summed E-state index contributed by atoms with van der Waals surface area (Å²) in [5.74, 6) is 2.39. The lowest BCUT2D eigenvalue weighted by molar-refractivity contribution is 0.353. The van der Waals surface area contributed by atoms with Gasteiger partial charge in [0.05, 0.1) is 14.2 Å². The van der Waals surface area contributed by atoms with E-state index in [1.165, 1.54) is 37.7 Å². The third-order valence-corrected chi connectivity index (χ3v) is 4.32. The summed E-state index contributed by atoms with van der Waals surface area (Å²) in [4.78, 5) is 0. The highest BCUT2D eigenvalue weighted by Crippen LogP contribution is 2.41. The molecule has 1 saturated carbocycles. The van der Waals surface area contributed by atoms with Crippen molar-refractivity contribution in [1.29, 1.82) is 0 Å². The van der Waals surface area contributed by atoms with Crippen LogP contribution in [-0.2, 0) is 0 Å². The lowest BCUT2D eigenvalue weighted by Gasteiger charge is -2.28. The van der Waals surface area contributed by atoms with Crippen molar-refractivity contribution in [2.24, 2.45) is 0 Å². The molecule has 112 valence electrons. The fourth-order valence-corrected chi connectivity index (χ4v) is 3.41. The standard InChI is InChI=1S/C17H27NO2/c1-4-18-14-10-7-5-6-9-13(14)17-15(19-2)11-8-12-16(17)20-3/h8,11-14,18H,4-7,9-10H2,1-3H3. The molecule has 2 atom stereocenters. The van der Waals surface area contributed by atoms with E-state index in [1.807, 2.05) is 18.2 Å². The molecule has 1 aromatic carbocycles. The van der Waals surface area contributed by atoms with Gasteiger partial charge in [-0.25, -0.2) is 0 Å². The minimum absolute atomic E-state index is 0.476. The van der Waals surface area contributed by atoms with Gasteiger partial charge in [-0.3, -0.25) is 0 Å². The van der Waals surface area contributed by atoms with Crippen molar-refractivity contribution in [3.63, 3.8) is 0 Å². The van der Waals surface area contributed by atoms with E-state index in [0.717, 1.165) is 18.0 Å². The first-order valence-corrected chi connectivity index (χ1v) is 7.76. The highest BCUT2D eigenvalue weighted by molar-refractivity contribution is 5.48. The van der Waals surface area contributed by atoms with Gasteiger partial charge in [-0.05, 0) is 31.5 Å². The first-order valence-electron chi connectivity index (χ1n) is 7.76. The van der Waals surface area contributed by atoms with Crippen LogP contribution in [0.1, 0.15) is 50.5 Å². The van der Waals surface area contributed by atoms with E-state index in [-0.39, 0.29) is 0 Å². The van der Waals surface area contributed by atoms with Gasteiger partial charge in [-0.15, -0.1) is 0 Å². The number of hydrogen-bond acceptors (Lipinski definition) is 3. The second-order valence-electron chi connectivity index (χ2n) is 5.48. The van der Waals surface area contributed by atoms with Gasteiger partial charge < -0.3 is 14.8 Å². The van der Waals surface area contributed by atoms with Crippen molar-refractivity contribution < 1.29 is 9.47 Å². The molecule has 1 fully saturated rings. The molecule has 3 heteroatoms. The Morgan fingerprint density at radius 2 is 1.70 bits per heavy atom. The summed E-state index contributed by atoms with van der Waals surface area (Å²) >= 11 is 0. The zero-order valence-electron chi connectivity index (χ0n) is 12.9. The second-order valence-corrected chi connectivity index (χ2v) is 5.48. The maximum Gasteiger partial charge on any atom is 0.126 e. The summed E-state index contributed by atoms with van der Waals surface area (Å²) in [5.41, 5.74) is 1.24. The summed E-state index contributed by atoms with van der Waals surface area (Å²) in [7, 11) is 3.49. The molecule has 2 rings (SSSR count). The Hall–Kier alpha value is -1.22. The Balaban J connectivity index is 2.39. The molecule has 0 bridgehead atoms. The van der Waals surface area contributed by atoms with Crippen molar-refractivity contribution in [3.05, 3.63) is 23.8 Å². The summed E-state index contributed by atoms with van der Waals surface area (Å²) in [6.07, 6.45) is 6.36. The molecule has 1 aliphatic rings. The monoisotopic (exact) mass is 277 g/mol. The van der Waals surface area contributed by atoms with Gasteiger partial charge in [0.15, 0.2) is 0 Å². The van der Waals surface area contributed by atoms with Crippen LogP contribution in [-0.4, -0.2) is 26.8 Å². The van der Waals surface area contributed by atoms with Gasteiger partial charge in [0.25, 0.3) is 0 Å². The van der Waals surface area contributed by atoms with E-state index >= 15 is 0 Å². The van der Waals surface area contributed by atoms with Crippen molar-refractivity contribution in [2.75, 3.05) is 20.8 Å². The van der Waals surface area contributed by atoms with Crippen LogP contribution in [0.2, 0.25) is 0 Å². The Labute approximate surface area is 122 Å². The average molecular weight is 277 g/mol. The van der Waals surface area contributed by atoms with Crippen molar-refractivity contribution in [2.45, 2.75) is 51.0 Å². The minimum Gasteiger partial charge on any atom is -0.496 e. The van der Waals surface area contributed by atoms with Crippen LogP contribution < -0.4 is 14.8 Å². The van der Waals surface area contributed by atoms with Crippen LogP contribution in [0, 0.1) is 0 Å². The number of methoxy groups -OCH3 is 2. The highest BCUT2D eigenvalue weighted by atomic mass is 16.5. The number of rotatable bonds is 5. The third-order valence-electron chi connectivity index (χ3n) is 4.32. The molecule has 1 N–H and O–H groups in total. The molecule has 0 aromatic heterocycles. The van der Waals surface area contributed by atoms with Crippen LogP contribution in [0.15, 0.2) is 18.2 Å². The lowest BCUT2D eigenvalue weighted by atomic mass is 9.86. The van der Waals surface area contributed by atoms with E-state index in [9.17, 15) is 0 Å². The van der Waals surface area contributed by atoms with Crippen LogP contribution in [0.4, 0.5) is 0 Å². The first kappa shape index (κ1) is 15.2. The first-order chi connectivity index (χ1) is 9.81. The molecule has 20 heavy (non-hydrogen) atoms. The predicted octanol–water partition coefficient (Wildman–Crippen LogP) is 3.73. The predicted molar refractivity (Wildman–Crippen MR) is 82.8 cm³/mol. The number of likely N-dealkylation sites (N-methyl/N-ethyl adjacent to an activating group) is 1. The van der Waals surface area contributed by atoms with Crippen molar-refractivity contribution >= 4 is 0 Å². The number of benzene rings is 1. The van der Waals surface area contributed by atoms with Crippen LogP contribution in [0.3, 0.4) is 0 Å². The van der Waals surface area contributed by atoms with Gasteiger partial charge in [-0.1, -0.05) is 32.3 Å².